The van der Waals surface area contributed by atoms with E-state index in [0.717, 1.165) is 12.8 Å². The average Bonchev–Trinajstić information content (AvgIpc) is 2.68. The highest BCUT2D eigenvalue weighted by molar-refractivity contribution is 14.0. The second-order valence-electron chi connectivity index (χ2n) is 6.59. The van der Waals surface area contributed by atoms with E-state index in [1.54, 1.807) is 30.9 Å². The smallest absolute Gasteiger partial charge is 0.409 e. The first-order chi connectivity index (χ1) is 13.4. The monoisotopic (exact) mass is 521 g/mol. The van der Waals surface area contributed by atoms with Gasteiger partial charge in [-0.2, -0.15) is 0 Å². The van der Waals surface area contributed by atoms with Gasteiger partial charge in [0.25, 0.3) is 5.91 Å². The third kappa shape index (κ3) is 8.03. The van der Waals surface area contributed by atoms with Crippen LogP contribution in [0.2, 0.25) is 0 Å². The topological polar surface area (TPSA) is 109 Å². The summed E-state index contributed by atoms with van der Waals surface area (Å²) in [5.74, 6) is -0.467. The lowest BCUT2D eigenvalue weighted by molar-refractivity contribution is 0.0948. The maximum absolute atomic E-state index is 13.5. The van der Waals surface area contributed by atoms with Crippen LogP contribution in [-0.4, -0.2) is 61.7 Å². The Morgan fingerprint density at radius 1 is 1.34 bits per heavy atom. The number of carbonyl (C=O) groups is 2. The molecule has 0 aromatic heterocycles. The number of nitrogens with zero attached hydrogens (tertiary/aromatic N) is 2. The number of hydrogen-bond acceptors (Lipinski definition) is 4. The molecule has 162 valence electrons. The number of nitrogens with two attached hydrogens (primary N) is 1. The number of likely N-dealkylation sites (tertiary alicyclic amines) is 1. The highest BCUT2D eigenvalue weighted by Gasteiger charge is 2.23. The fraction of sp³-hybridized carbons (Fsp3) is 0.526. The van der Waals surface area contributed by atoms with Gasteiger partial charge in [-0.05, 0) is 44.4 Å². The van der Waals surface area contributed by atoms with Crippen molar-refractivity contribution in [1.29, 1.82) is 0 Å². The van der Waals surface area contributed by atoms with Crippen LogP contribution in [0.15, 0.2) is 23.2 Å². The summed E-state index contributed by atoms with van der Waals surface area (Å²) in [6.07, 6.45) is 1.22. The minimum Gasteiger partial charge on any atom is -0.450 e. The number of aryl methyl sites for hydroxylation is 1. The van der Waals surface area contributed by atoms with Crippen LogP contribution in [0, 0.1) is 12.7 Å². The van der Waals surface area contributed by atoms with Crippen LogP contribution in [-0.2, 0) is 4.74 Å². The Bertz CT molecular complexity index is 724. The molecule has 0 radical (unpaired) electrons. The lowest BCUT2D eigenvalue weighted by Crippen LogP contribution is -2.48. The Balaban J connectivity index is 0.00000420. The van der Waals surface area contributed by atoms with Gasteiger partial charge in [0.05, 0.1) is 13.2 Å². The molecule has 1 saturated heterocycles. The largest absolute Gasteiger partial charge is 0.450 e. The van der Waals surface area contributed by atoms with E-state index in [2.05, 4.69) is 15.6 Å². The molecule has 1 aromatic rings. The maximum atomic E-state index is 13.5. The SMILES string of the molecule is CCOC(=O)N1CCC(NC(N)=NCCNC(=O)c2ccc(C)c(F)c2)CC1.I. The van der Waals surface area contributed by atoms with Gasteiger partial charge >= 0.3 is 6.09 Å². The molecule has 0 atom stereocenters. The zero-order valence-corrected chi connectivity index (χ0v) is 19.1. The van der Waals surface area contributed by atoms with Gasteiger partial charge in [-0.1, -0.05) is 6.07 Å². The number of guanidine groups is 1. The summed E-state index contributed by atoms with van der Waals surface area (Å²) in [6, 6.07) is 4.50. The van der Waals surface area contributed by atoms with Crippen molar-refractivity contribution in [3.8, 4) is 0 Å². The van der Waals surface area contributed by atoms with Crippen LogP contribution < -0.4 is 16.4 Å². The lowest BCUT2D eigenvalue weighted by atomic mass is 10.1. The predicted octanol–water partition coefficient (Wildman–Crippen LogP) is 2.01. The average molecular weight is 521 g/mol. The lowest BCUT2D eigenvalue weighted by Gasteiger charge is -2.31. The molecule has 1 aliphatic heterocycles. The van der Waals surface area contributed by atoms with Gasteiger partial charge in [0.15, 0.2) is 5.96 Å². The molecule has 1 aliphatic rings. The molecular formula is C19H29FIN5O3. The minimum atomic E-state index is -0.409. The van der Waals surface area contributed by atoms with Crippen molar-refractivity contribution in [3.63, 3.8) is 0 Å². The Morgan fingerprint density at radius 2 is 2.03 bits per heavy atom. The Hall–Kier alpha value is -2.11. The first-order valence-corrected chi connectivity index (χ1v) is 9.43. The fourth-order valence-corrected chi connectivity index (χ4v) is 2.86. The molecule has 1 fully saturated rings. The minimum absolute atomic E-state index is 0. The van der Waals surface area contributed by atoms with Gasteiger partial charge in [0.2, 0.25) is 0 Å². The van der Waals surface area contributed by atoms with Crippen molar-refractivity contribution in [2.45, 2.75) is 32.7 Å². The molecule has 1 aromatic carbocycles. The van der Waals surface area contributed by atoms with Crippen LogP contribution in [0.25, 0.3) is 0 Å². The number of rotatable bonds is 6. The van der Waals surface area contributed by atoms with Gasteiger partial charge in [-0.25, -0.2) is 9.18 Å². The number of benzene rings is 1. The van der Waals surface area contributed by atoms with Crippen LogP contribution >= 0.6 is 24.0 Å². The number of hydrogen-bond donors (Lipinski definition) is 3. The van der Waals surface area contributed by atoms with E-state index in [4.69, 9.17) is 10.5 Å². The van der Waals surface area contributed by atoms with E-state index in [-0.39, 0.29) is 54.1 Å². The van der Waals surface area contributed by atoms with Crippen molar-refractivity contribution in [2.24, 2.45) is 10.7 Å². The normalized spacial score (nSPS) is 14.7. The summed E-state index contributed by atoms with van der Waals surface area (Å²) in [4.78, 5) is 29.5. The number of carbonyl (C=O) groups excluding carboxylic acids is 2. The van der Waals surface area contributed by atoms with Gasteiger partial charge in [0.1, 0.15) is 5.82 Å². The third-order valence-corrected chi connectivity index (χ3v) is 4.49. The molecule has 0 unspecified atom stereocenters. The van der Waals surface area contributed by atoms with E-state index < -0.39 is 5.82 Å². The van der Waals surface area contributed by atoms with Crippen molar-refractivity contribution in [1.82, 2.24) is 15.5 Å². The summed E-state index contributed by atoms with van der Waals surface area (Å²) in [5.41, 5.74) is 6.65. The third-order valence-electron chi connectivity index (χ3n) is 4.49. The first kappa shape index (κ1) is 24.9. The Kier molecular flexibility index (Phi) is 10.7. The highest BCUT2D eigenvalue weighted by Crippen LogP contribution is 2.11. The number of aliphatic imine (C=N–C) groups is 1. The van der Waals surface area contributed by atoms with Crippen molar-refractivity contribution < 1.29 is 18.7 Å². The quantitative estimate of drug-likeness (QED) is 0.230. The molecule has 0 saturated carbocycles. The Morgan fingerprint density at radius 3 is 2.66 bits per heavy atom. The van der Waals surface area contributed by atoms with Crippen LogP contribution in [0.4, 0.5) is 9.18 Å². The summed E-state index contributed by atoms with van der Waals surface area (Å²) < 4.78 is 18.5. The summed E-state index contributed by atoms with van der Waals surface area (Å²) in [5, 5.41) is 5.81. The molecule has 2 rings (SSSR count). The van der Waals surface area contributed by atoms with Gasteiger partial charge < -0.3 is 26.0 Å². The number of ether oxygens (including phenoxy) is 1. The second kappa shape index (κ2) is 12.5. The number of nitrogens with one attached hydrogen (secondary N) is 2. The summed E-state index contributed by atoms with van der Waals surface area (Å²) in [6.45, 7) is 5.59. The van der Waals surface area contributed by atoms with Gasteiger partial charge in [-0.15, -0.1) is 24.0 Å². The second-order valence-corrected chi connectivity index (χ2v) is 6.59. The van der Waals surface area contributed by atoms with E-state index in [9.17, 15) is 14.0 Å². The van der Waals surface area contributed by atoms with Gasteiger partial charge in [-0.3, -0.25) is 9.79 Å². The standard InChI is InChI=1S/C19H28FN5O3.HI/c1-3-28-19(27)25-10-6-15(7-11-25)24-18(21)23-9-8-22-17(26)14-5-4-13(2)16(20)12-14;/h4-5,12,15H,3,6-11H2,1-2H3,(H,22,26)(H3,21,23,24);1H. The van der Waals surface area contributed by atoms with Crippen LogP contribution in [0.5, 0.6) is 0 Å². The van der Waals surface area contributed by atoms with Crippen LogP contribution in [0.1, 0.15) is 35.7 Å². The molecular weight excluding hydrogens is 492 g/mol. The van der Waals surface area contributed by atoms with Crippen molar-refractivity contribution >= 4 is 41.9 Å². The number of halogens is 2. The molecule has 29 heavy (non-hydrogen) atoms. The predicted molar refractivity (Wildman–Crippen MR) is 120 cm³/mol. The Labute approximate surface area is 187 Å². The highest BCUT2D eigenvalue weighted by atomic mass is 127. The fourth-order valence-electron chi connectivity index (χ4n) is 2.86. The van der Waals surface area contributed by atoms with E-state index in [1.807, 2.05) is 0 Å². The molecule has 4 N–H and O–H groups in total. The van der Waals surface area contributed by atoms with Crippen molar-refractivity contribution in [3.05, 3.63) is 35.1 Å². The zero-order valence-electron chi connectivity index (χ0n) is 16.7. The number of amides is 2. The maximum Gasteiger partial charge on any atom is 0.409 e. The molecule has 8 nitrogen and oxygen atoms in total. The van der Waals surface area contributed by atoms with E-state index in [0.29, 0.717) is 37.8 Å². The van der Waals surface area contributed by atoms with Crippen LogP contribution in [0.3, 0.4) is 0 Å². The first-order valence-electron chi connectivity index (χ1n) is 9.43. The van der Waals surface area contributed by atoms with Crippen molar-refractivity contribution in [2.75, 3.05) is 32.8 Å². The zero-order chi connectivity index (χ0) is 20.5. The van der Waals surface area contributed by atoms with E-state index >= 15 is 0 Å². The summed E-state index contributed by atoms with van der Waals surface area (Å²) in [7, 11) is 0. The molecule has 10 heteroatoms. The summed E-state index contributed by atoms with van der Waals surface area (Å²) >= 11 is 0. The molecule has 0 bridgehead atoms. The molecule has 0 aliphatic carbocycles. The number of piperidine rings is 1. The molecule has 1 heterocycles. The van der Waals surface area contributed by atoms with Gasteiger partial charge in [0, 0.05) is 31.2 Å². The molecule has 0 spiro atoms. The van der Waals surface area contributed by atoms with E-state index in [1.165, 1.54) is 6.07 Å². The molecule has 2 amide bonds.